The number of halogens is 1. The largest absolute Gasteiger partial charge is 0.368 e. The Morgan fingerprint density at radius 3 is 2.43 bits per heavy atom. The first kappa shape index (κ1) is 10.9. The molecule has 0 saturated carbocycles. The summed E-state index contributed by atoms with van der Waals surface area (Å²) in [6.45, 7) is 3.85. The molecule has 3 heteroatoms. The Labute approximate surface area is 89.5 Å². The van der Waals surface area contributed by atoms with Crippen LogP contribution in [0.25, 0.3) is 0 Å². The summed E-state index contributed by atoms with van der Waals surface area (Å²) in [6, 6.07) is 9.59. The summed E-state index contributed by atoms with van der Waals surface area (Å²) in [7, 11) is 0. The zero-order chi connectivity index (χ0) is 10.6. The average Bonchev–Trinajstić information content (AvgIpc) is 2.21. The first-order valence-corrected chi connectivity index (χ1v) is 4.92. The molecule has 1 aromatic carbocycles. The van der Waals surface area contributed by atoms with Crippen LogP contribution >= 0.6 is 11.6 Å². The van der Waals surface area contributed by atoms with Gasteiger partial charge in [-0.1, -0.05) is 18.5 Å². The Bertz CT molecular complexity index is 339. The number of nitrogens with one attached hydrogen (secondary N) is 1. The van der Waals surface area contributed by atoms with Gasteiger partial charge in [-0.25, -0.2) is 0 Å². The van der Waals surface area contributed by atoms with Crippen molar-refractivity contribution in [3.05, 3.63) is 29.3 Å². The van der Waals surface area contributed by atoms with Crippen molar-refractivity contribution in [1.29, 1.82) is 5.26 Å². The van der Waals surface area contributed by atoms with E-state index >= 15 is 0 Å². The molecule has 14 heavy (non-hydrogen) atoms. The second-order valence-corrected chi connectivity index (χ2v) is 3.87. The van der Waals surface area contributed by atoms with E-state index in [1.165, 1.54) is 0 Å². The van der Waals surface area contributed by atoms with Gasteiger partial charge in [0, 0.05) is 10.7 Å². The normalized spacial score (nSPS) is 14.1. The van der Waals surface area contributed by atoms with Gasteiger partial charge in [-0.15, -0.1) is 0 Å². The third kappa shape index (κ3) is 2.65. The van der Waals surface area contributed by atoms with Gasteiger partial charge < -0.3 is 5.32 Å². The number of rotatable bonds is 3. The second-order valence-electron chi connectivity index (χ2n) is 3.43. The van der Waals surface area contributed by atoms with Gasteiger partial charge in [0.05, 0.1) is 6.07 Å². The van der Waals surface area contributed by atoms with Crippen molar-refractivity contribution < 1.29 is 0 Å². The van der Waals surface area contributed by atoms with Crippen LogP contribution < -0.4 is 5.32 Å². The van der Waals surface area contributed by atoms with Crippen LogP contribution in [0, 0.1) is 11.3 Å². The lowest BCUT2D eigenvalue weighted by Crippen LogP contribution is -2.31. The van der Waals surface area contributed by atoms with E-state index in [1.54, 1.807) is 12.1 Å². The number of nitriles is 1. The van der Waals surface area contributed by atoms with Gasteiger partial charge in [0.1, 0.15) is 5.54 Å². The molecular weight excluding hydrogens is 196 g/mol. The lowest BCUT2D eigenvalue weighted by Gasteiger charge is -2.22. The van der Waals surface area contributed by atoms with Crippen molar-refractivity contribution >= 4 is 17.3 Å². The third-order valence-corrected chi connectivity index (χ3v) is 2.47. The predicted octanol–water partition coefficient (Wildman–Crippen LogP) is 3.44. The number of hydrogen-bond donors (Lipinski definition) is 1. The Hall–Kier alpha value is -1.20. The van der Waals surface area contributed by atoms with E-state index in [-0.39, 0.29) is 0 Å². The molecule has 0 bridgehead atoms. The van der Waals surface area contributed by atoms with E-state index < -0.39 is 5.54 Å². The molecule has 74 valence electrons. The smallest absolute Gasteiger partial charge is 0.122 e. The van der Waals surface area contributed by atoms with Crippen LogP contribution in [0.4, 0.5) is 5.69 Å². The maximum absolute atomic E-state index is 8.96. The molecule has 0 spiro atoms. The monoisotopic (exact) mass is 208 g/mol. The van der Waals surface area contributed by atoms with E-state index in [9.17, 15) is 0 Å². The van der Waals surface area contributed by atoms with Crippen LogP contribution in [0.15, 0.2) is 24.3 Å². The minimum atomic E-state index is -0.506. The molecule has 0 aromatic heterocycles. The summed E-state index contributed by atoms with van der Waals surface area (Å²) in [5, 5.41) is 12.8. The molecule has 0 aliphatic rings. The highest BCUT2D eigenvalue weighted by atomic mass is 35.5. The lowest BCUT2D eigenvalue weighted by atomic mass is 10.0. The fourth-order valence-corrected chi connectivity index (χ4v) is 1.17. The molecular formula is C11H13ClN2. The van der Waals surface area contributed by atoms with Crippen LogP contribution in [0.3, 0.4) is 0 Å². The molecule has 0 aliphatic carbocycles. The van der Waals surface area contributed by atoms with Crippen molar-refractivity contribution in [2.24, 2.45) is 0 Å². The van der Waals surface area contributed by atoms with Crippen molar-refractivity contribution in [3.8, 4) is 6.07 Å². The van der Waals surface area contributed by atoms with E-state index in [1.807, 2.05) is 26.0 Å². The molecule has 2 nitrogen and oxygen atoms in total. The van der Waals surface area contributed by atoms with E-state index in [2.05, 4.69) is 11.4 Å². The molecule has 1 atom stereocenters. The van der Waals surface area contributed by atoms with E-state index in [0.717, 1.165) is 12.1 Å². The van der Waals surface area contributed by atoms with Gasteiger partial charge in [-0.2, -0.15) is 5.26 Å². The Morgan fingerprint density at radius 2 is 2.00 bits per heavy atom. The van der Waals surface area contributed by atoms with Crippen LogP contribution in [0.5, 0.6) is 0 Å². The molecule has 1 unspecified atom stereocenters. The maximum atomic E-state index is 8.96. The molecule has 0 saturated heterocycles. The van der Waals surface area contributed by atoms with Gasteiger partial charge in [-0.05, 0) is 37.6 Å². The fourth-order valence-electron chi connectivity index (χ4n) is 1.05. The number of anilines is 1. The van der Waals surface area contributed by atoms with Gasteiger partial charge in [0.2, 0.25) is 0 Å². The van der Waals surface area contributed by atoms with Crippen molar-refractivity contribution in [1.82, 2.24) is 0 Å². The molecule has 0 heterocycles. The Balaban J connectivity index is 2.79. The molecule has 1 aromatic rings. The molecule has 1 N–H and O–H groups in total. The highest BCUT2D eigenvalue weighted by Gasteiger charge is 2.20. The number of nitrogens with zero attached hydrogens (tertiary/aromatic N) is 1. The molecule has 0 aliphatic heterocycles. The second kappa shape index (κ2) is 4.34. The first-order chi connectivity index (χ1) is 6.59. The molecule has 0 radical (unpaired) electrons. The zero-order valence-electron chi connectivity index (χ0n) is 8.34. The summed E-state index contributed by atoms with van der Waals surface area (Å²) in [5.41, 5.74) is 0.411. The topological polar surface area (TPSA) is 35.8 Å². The Kier molecular flexibility index (Phi) is 3.38. The summed E-state index contributed by atoms with van der Waals surface area (Å²) < 4.78 is 0. The van der Waals surface area contributed by atoms with E-state index in [4.69, 9.17) is 16.9 Å². The van der Waals surface area contributed by atoms with Crippen LogP contribution in [-0.4, -0.2) is 5.54 Å². The average molecular weight is 209 g/mol. The van der Waals surface area contributed by atoms with Gasteiger partial charge >= 0.3 is 0 Å². The summed E-state index contributed by atoms with van der Waals surface area (Å²) in [5.74, 6) is 0. The van der Waals surface area contributed by atoms with Crippen molar-refractivity contribution in [2.45, 2.75) is 25.8 Å². The van der Waals surface area contributed by atoms with Crippen molar-refractivity contribution in [2.75, 3.05) is 5.32 Å². The van der Waals surface area contributed by atoms with Crippen LogP contribution in [0.1, 0.15) is 20.3 Å². The highest BCUT2D eigenvalue weighted by molar-refractivity contribution is 6.30. The summed E-state index contributed by atoms with van der Waals surface area (Å²) >= 11 is 5.76. The summed E-state index contributed by atoms with van der Waals surface area (Å²) in [6.07, 6.45) is 0.756. The van der Waals surface area contributed by atoms with Gasteiger partial charge in [0.15, 0.2) is 0 Å². The fraction of sp³-hybridized carbons (Fsp3) is 0.364. The maximum Gasteiger partial charge on any atom is 0.122 e. The standard InChI is InChI=1S/C11H13ClN2/c1-3-11(2,8-13)14-10-6-4-9(12)5-7-10/h4-7,14H,3H2,1-2H3. The van der Waals surface area contributed by atoms with E-state index in [0.29, 0.717) is 5.02 Å². The highest BCUT2D eigenvalue weighted by Crippen LogP contribution is 2.19. The third-order valence-electron chi connectivity index (χ3n) is 2.22. The number of benzene rings is 1. The van der Waals surface area contributed by atoms with Gasteiger partial charge in [-0.3, -0.25) is 0 Å². The SMILES string of the molecule is CCC(C)(C#N)Nc1ccc(Cl)cc1. The zero-order valence-corrected chi connectivity index (χ0v) is 9.10. The summed E-state index contributed by atoms with van der Waals surface area (Å²) in [4.78, 5) is 0. The predicted molar refractivity (Wildman–Crippen MR) is 59.4 cm³/mol. The quantitative estimate of drug-likeness (QED) is 0.826. The minimum absolute atomic E-state index is 0.506. The first-order valence-electron chi connectivity index (χ1n) is 4.54. The number of hydrogen-bond acceptors (Lipinski definition) is 2. The van der Waals surface area contributed by atoms with Gasteiger partial charge in [0.25, 0.3) is 0 Å². The van der Waals surface area contributed by atoms with Crippen LogP contribution in [-0.2, 0) is 0 Å². The van der Waals surface area contributed by atoms with Crippen LogP contribution in [0.2, 0.25) is 5.02 Å². The minimum Gasteiger partial charge on any atom is -0.368 e. The molecule has 0 amide bonds. The van der Waals surface area contributed by atoms with Crippen molar-refractivity contribution in [3.63, 3.8) is 0 Å². The molecule has 1 rings (SSSR count). The molecule has 0 fully saturated rings. The Morgan fingerprint density at radius 1 is 1.43 bits per heavy atom. The lowest BCUT2D eigenvalue weighted by molar-refractivity contribution is 0.626.